The number of aliphatic hydroxyl groups is 1. The second kappa shape index (κ2) is 26.1. The van der Waals surface area contributed by atoms with Gasteiger partial charge in [0.15, 0.2) is 24.8 Å². The summed E-state index contributed by atoms with van der Waals surface area (Å²) in [6, 6.07) is 21.8. The Kier molecular flexibility index (Phi) is 19.1. The number of carbonyl (C=O) groups excluding carboxylic acids is 1. The molecule has 20 nitrogen and oxygen atoms in total. The Bertz CT molecular complexity index is 3490. The molecule has 0 aliphatic carbocycles. The molecule has 8 rings (SSSR count). The highest BCUT2D eigenvalue weighted by Crippen LogP contribution is 2.39. The van der Waals surface area contributed by atoms with E-state index in [9.17, 15) is 36.2 Å². The van der Waals surface area contributed by atoms with Crippen LogP contribution in [0.1, 0.15) is 12.8 Å². The van der Waals surface area contributed by atoms with Gasteiger partial charge in [-0.15, -0.1) is 11.6 Å². The van der Waals surface area contributed by atoms with E-state index in [0.29, 0.717) is 31.0 Å². The highest BCUT2D eigenvalue weighted by atomic mass is 35.5. The number of halogens is 7. The number of benzene rings is 2. The minimum atomic E-state index is -4.73. The van der Waals surface area contributed by atoms with Gasteiger partial charge < -0.3 is 64.6 Å². The Labute approximate surface area is 474 Å². The summed E-state index contributed by atoms with van der Waals surface area (Å²) in [5.74, 6) is -0.913. The summed E-state index contributed by atoms with van der Waals surface area (Å²) in [4.78, 5) is 48.2. The number of amides is 1. The van der Waals surface area contributed by atoms with Crippen molar-refractivity contribution in [3.8, 4) is 34.3 Å². The van der Waals surface area contributed by atoms with Crippen molar-refractivity contribution in [2.75, 3.05) is 118 Å². The number of hydrogen-bond acceptors (Lipinski definition) is 17. The number of hydrogen-bond donors (Lipinski definition) is 5. The number of anilines is 8. The first-order valence-corrected chi connectivity index (χ1v) is 26.4. The Hall–Kier alpha value is -8.20. The van der Waals surface area contributed by atoms with Crippen molar-refractivity contribution in [3.05, 3.63) is 97.6 Å². The molecule has 0 aliphatic rings. The zero-order valence-corrected chi connectivity index (χ0v) is 46.8. The zero-order chi connectivity index (χ0) is 58.9. The first-order chi connectivity index (χ1) is 39.0. The summed E-state index contributed by atoms with van der Waals surface area (Å²) in [6.07, 6.45) is -3.74. The molecule has 0 radical (unpaired) electrons. The number of pyridine rings is 2. The van der Waals surface area contributed by atoms with Crippen LogP contribution < -0.4 is 40.5 Å². The predicted molar refractivity (Wildman–Crippen MR) is 307 cm³/mol. The first-order valence-electron chi connectivity index (χ1n) is 25.9. The summed E-state index contributed by atoms with van der Waals surface area (Å²) in [7, 11) is 12.6. The van der Waals surface area contributed by atoms with Crippen LogP contribution in [-0.4, -0.2) is 165 Å². The van der Waals surface area contributed by atoms with Crippen molar-refractivity contribution < 1.29 is 45.7 Å². The average molecular weight is 1160 g/mol. The molecular formula is C55H63ClF6N16O4. The molecule has 0 saturated carbocycles. The second-order valence-electron chi connectivity index (χ2n) is 19.7. The van der Waals surface area contributed by atoms with Crippen molar-refractivity contribution >= 4 is 85.6 Å². The molecule has 1 amide bonds. The Morgan fingerprint density at radius 1 is 0.646 bits per heavy atom. The molecule has 6 aromatic heterocycles. The summed E-state index contributed by atoms with van der Waals surface area (Å²) >= 11 is 5.98. The Balaban J connectivity index is 1.01. The number of aliphatic hydroxyl groups excluding tert-OH is 1. The van der Waals surface area contributed by atoms with Crippen LogP contribution in [0.2, 0.25) is 0 Å². The highest BCUT2D eigenvalue weighted by Gasteiger charge is 2.32. The number of ether oxygens (including phenoxy) is 2. The number of rotatable bonds is 26. The molecule has 1 unspecified atom stereocenters. The SMILES string of the molecule is CN(C)CCN(C)c1nc(OCC(F)(F)F)c(Nc2nccc(-c3cn(C)c4ccccc34)n2)cc1NC(=O)CCN(C)CCN(C)c1nc(OCC(F)(F)F)c(Nc2nccc(-c3cn(C)c4ccccc34)n2)cc1NC(O)CCCl. The Morgan fingerprint density at radius 3 is 1.61 bits per heavy atom. The molecular weight excluding hydrogens is 1100 g/mol. The van der Waals surface area contributed by atoms with Gasteiger partial charge in [0.1, 0.15) is 17.6 Å². The van der Waals surface area contributed by atoms with E-state index < -0.39 is 49.5 Å². The third-order valence-corrected chi connectivity index (χ3v) is 13.2. The fourth-order valence-corrected chi connectivity index (χ4v) is 8.99. The van der Waals surface area contributed by atoms with E-state index in [2.05, 4.69) is 46.2 Å². The number of para-hydroxylation sites is 2. The van der Waals surface area contributed by atoms with Crippen molar-refractivity contribution in [2.24, 2.45) is 14.1 Å². The predicted octanol–water partition coefficient (Wildman–Crippen LogP) is 9.50. The minimum absolute atomic E-state index is 0.0253. The lowest BCUT2D eigenvalue weighted by Crippen LogP contribution is -2.34. The van der Waals surface area contributed by atoms with Gasteiger partial charge in [0.2, 0.25) is 29.6 Å². The molecule has 1 atom stereocenters. The quantitative estimate of drug-likeness (QED) is 0.0195. The van der Waals surface area contributed by atoms with E-state index in [0.717, 1.165) is 32.9 Å². The third-order valence-electron chi connectivity index (χ3n) is 13.0. The summed E-state index contributed by atoms with van der Waals surface area (Å²) < 4.78 is 97.0. The first kappa shape index (κ1) is 59.9. The van der Waals surface area contributed by atoms with Crippen LogP contribution >= 0.6 is 11.6 Å². The molecule has 8 aromatic rings. The van der Waals surface area contributed by atoms with Crippen LogP contribution in [0.25, 0.3) is 44.3 Å². The molecule has 2 aromatic carbocycles. The minimum Gasteiger partial charge on any atom is -0.466 e. The molecule has 5 N–H and O–H groups in total. The van der Waals surface area contributed by atoms with E-state index in [1.807, 2.05) is 108 Å². The lowest BCUT2D eigenvalue weighted by atomic mass is 10.1. The van der Waals surface area contributed by atoms with Gasteiger partial charge in [0.25, 0.3) is 0 Å². The van der Waals surface area contributed by atoms with Gasteiger partial charge in [-0.2, -0.15) is 36.3 Å². The topological polar surface area (TPSA) is 204 Å². The number of aromatic nitrogens is 8. The largest absolute Gasteiger partial charge is 0.466 e. The highest BCUT2D eigenvalue weighted by molar-refractivity contribution is 6.17. The number of nitrogens with one attached hydrogen (secondary N) is 4. The molecule has 82 heavy (non-hydrogen) atoms. The Morgan fingerprint density at radius 2 is 1.12 bits per heavy atom. The van der Waals surface area contributed by atoms with E-state index in [1.54, 1.807) is 43.1 Å². The molecule has 27 heteroatoms. The van der Waals surface area contributed by atoms with Crippen LogP contribution in [0.3, 0.4) is 0 Å². The van der Waals surface area contributed by atoms with Gasteiger partial charge >= 0.3 is 12.4 Å². The van der Waals surface area contributed by atoms with Crippen LogP contribution in [0.15, 0.2) is 97.6 Å². The summed E-state index contributed by atoms with van der Waals surface area (Å²) in [5, 5.41) is 24.6. The maximum atomic E-state index is 13.9. The molecule has 0 saturated heterocycles. The molecule has 0 spiro atoms. The molecule has 0 aliphatic heterocycles. The van der Waals surface area contributed by atoms with Gasteiger partial charge in [0.05, 0.1) is 22.8 Å². The van der Waals surface area contributed by atoms with E-state index >= 15 is 0 Å². The maximum Gasteiger partial charge on any atom is 0.422 e. The lowest BCUT2D eigenvalue weighted by molar-refractivity contribution is -0.154. The molecule has 436 valence electrons. The smallest absolute Gasteiger partial charge is 0.422 e. The normalized spacial score (nSPS) is 12.3. The standard InChI is InChI=1S/C55H63ClF6N16O4/c1-73(2)24-26-75(4)48-41(29-43(50(71-48)81-32-54(57,58)59)70-53-64-22-18-39(68-53)37-31-78(7)45-15-11-9-13-35(37)45)66-47(80)19-23-74(3)25-27-76(5)49-40(65-46(79)16-20-56)28-42(51(72-49)82-33-55(60,61)62)69-52-63-21-17-38(67-52)36-30-77(6)44-14-10-8-12-34(36)44/h8-15,17-18,21-22,28-31,46,65,79H,16,19-20,23-27,32-33H2,1-7H3,(H,66,80)(H,63,67,69)(H,64,68,70). The fourth-order valence-electron chi connectivity index (χ4n) is 8.78. The van der Waals surface area contributed by atoms with E-state index in [-0.39, 0.29) is 78.1 Å². The number of likely N-dealkylation sites (N-methyl/N-ethyl adjacent to an activating group) is 4. The number of nitrogens with zero attached hydrogens (tertiary/aromatic N) is 12. The molecule has 0 bridgehead atoms. The molecule has 0 fully saturated rings. The number of aryl methyl sites for hydroxylation is 2. The average Bonchev–Trinajstić information content (AvgIpc) is 3.70. The van der Waals surface area contributed by atoms with Crippen molar-refractivity contribution in [1.82, 2.24) is 48.8 Å². The van der Waals surface area contributed by atoms with Crippen LogP contribution in [-0.2, 0) is 18.9 Å². The van der Waals surface area contributed by atoms with Gasteiger partial charge in [0, 0.05) is 137 Å². The maximum absolute atomic E-state index is 13.9. The van der Waals surface area contributed by atoms with Gasteiger partial charge in [-0.25, -0.2) is 19.9 Å². The third kappa shape index (κ3) is 15.6. The van der Waals surface area contributed by atoms with Crippen LogP contribution in [0.4, 0.5) is 72.6 Å². The van der Waals surface area contributed by atoms with E-state index in [1.165, 1.54) is 24.5 Å². The van der Waals surface area contributed by atoms with Gasteiger partial charge in [-0.3, -0.25) is 4.79 Å². The second-order valence-corrected chi connectivity index (χ2v) is 20.1. The van der Waals surface area contributed by atoms with Gasteiger partial charge in [-0.1, -0.05) is 36.4 Å². The summed E-state index contributed by atoms with van der Waals surface area (Å²) in [5.41, 5.74) is 4.89. The van der Waals surface area contributed by atoms with Crippen LogP contribution in [0.5, 0.6) is 11.8 Å². The van der Waals surface area contributed by atoms with Crippen molar-refractivity contribution in [2.45, 2.75) is 31.4 Å². The fraction of sp³-hybridized carbons (Fsp3) is 0.364. The van der Waals surface area contributed by atoms with Crippen molar-refractivity contribution in [1.29, 1.82) is 0 Å². The number of alkyl halides is 7. The van der Waals surface area contributed by atoms with Crippen molar-refractivity contribution in [3.63, 3.8) is 0 Å². The van der Waals surface area contributed by atoms with Gasteiger partial charge in [-0.05, 0) is 57.5 Å². The number of fused-ring (bicyclic) bond motifs is 2. The molecule has 6 heterocycles. The zero-order valence-electron chi connectivity index (χ0n) is 46.1. The monoisotopic (exact) mass is 1160 g/mol. The number of carbonyl (C=O) groups is 1. The van der Waals surface area contributed by atoms with E-state index in [4.69, 9.17) is 26.1 Å². The lowest BCUT2D eigenvalue weighted by Gasteiger charge is -2.27. The summed E-state index contributed by atoms with van der Waals surface area (Å²) in [6.45, 7) is -1.75. The van der Waals surface area contributed by atoms with Crippen LogP contribution in [0, 0.1) is 0 Å².